The lowest BCUT2D eigenvalue weighted by atomic mass is 10.0. The van der Waals surface area contributed by atoms with Crippen molar-refractivity contribution in [2.45, 2.75) is 32.1 Å². The zero-order chi connectivity index (χ0) is 20.1. The average molecular weight is 452 g/mol. The molecule has 0 atom stereocenters. The minimum Gasteiger partial charge on any atom is -0.258 e. The van der Waals surface area contributed by atoms with Gasteiger partial charge in [0.2, 0.25) is 0 Å². The molecule has 27 heavy (non-hydrogen) atoms. The van der Waals surface area contributed by atoms with Crippen LogP contribution in [0.5, 0.6) is 0 Å². The Morgan fingerprint density at radius 3 is 1.33 bits per heavy atom. The molecule has 0 aliphatic rings. The summed E-state index contributed by atoms with van der Waals surface area (Å²) in [5.41, 5.74) is 1.08. The molecule has 6 nitrogen and oxygen atoms in total. The number of rotatable bonds is 8. The maximum absolute atomic E-state index is 10.8. The molecular weight excluding hydrogens is 438 g/mol. The second-order valence-corrected chi connectivity index (χ2v) is 7.33. The highest BCUT2D eigenvalue weighted by Gasteiger charge is 2.19. The fraction of sp³-hybridized carbons (Fsp3) is 0.294. The van der Waals surface area contributed by atoms with Crippen LogP contribution in [0.25, 0.3) is 0 Å². The highest BCUT2D eigenvalue weighted by molar-refractivity contribution is 6.44. The van der Waals surface area contributed by atoms with Crippen molar-refractivity contribution >= 4 is 57.8 Å². The van der Waals surface area contributed by atoms with Gasteiger partial charge in [-0.15, -0.1) is 0 Å². The Morgan fingerprint density at radius 2 is 1.00 bits per heavy atom. The molecule has 144 valence electrons. The SMILES string of the molecule is O=[N+]([O-])c1ccc(CCCCCc2ccc([N+](=O)[O-])c(Cl)c2Cl)c(Cl)c1Cl. The van der Waals surface area contributed by atoms with Gasteiger partial charge < -0.3 is 0 Å². The number of nitro benzene ring substituents is 2. The summed E-state index contributed by atoms with van der Waals surface area (Å²) in [5.74, 6) is 0. The van der Waals surface area contributed by atoms with Crippen LogP contribution in [0, 0.1) is 20.2 Å². The van der Waals surface area contributed by atoms with Crippen LogP contribution in [-0.2, 0) is 12.8 Å². The summed E-state index contributed by atoms with van der Waals surface area (Å²) in [4.78, 5) is 20.5. The molecule has 2 rings (SSSR count). The number of halogens is 4. The summed E-state index contributed by atoms with van der Waals surface area (Å²) in [6.07, 6.45) is 3.70. The summed E-state index contributed by atoms with van der Waals surface area (Å²) < 4.78 is 0. The lowest BCUT2D eigenvalue weighted by molar-refractivity contribution is -0.384. The van der Waals surface area contributed by atoms with Crippen molar-refractivity contribution in [2.75, 3.05) is 0 Å². The number of aryl methyl sites for hydroxylation is 2. The first-order valence-electron chi connectivity index (χ1n) is 7.96. The molecule has 0 N–H and O–H groups in total. The molecule has 2 aromatic carbocycles. The number of nitro groups is 2. The Hall–Kier alpha value is -1.60. The van der Waals surface area contributed by atoms with E-state index < -0.39 is 9.85 Å². The molecule has 0 heterocycles. The quantitative estimate of drug-likeness (QED) is 0.244. The summed E-state index contributed by atoms with van der Waals surface area (Å²) in [6, 6.07) is 5.92. The second-order valence-electron chi connectivity index (χ2n) is 5.82. The third kappa shape index (κ3) is 5.23. The van der Waals surface area contributed by atoms with E-state index in [9.17, 15) is 20.2 Å². The number of unbranched alkanes of at least 4 members (excludes halogenated alkanes) is 2. The molecule has 0 spiro atoms. The summed E-state index contributed by atoms with van der Waals surface area (Å²) >= 11 is 24.1. The molecule has 2 aromatic rings. The van der Waals surface area contributed by atoms with Crippen LogP contribution >= 0.6 is 46.4 Å². The summed E-state index contributed by atoms with van der Waals surface area (Å²) in [7, 11) is 0. The molecule has 0 saturated heterocycles. The van der Waals surface area contributed by atoms with Crippen molar-refractivity contribution in [1.82, 2.24) is 0 Å². The van der Waals surface area contributed by atoms with E-state index in [1.165, 1.54) is 12.1 Å². The Labute approximate surface area is 175 Å². The third-order valence-corrected chi connectivity index (χ3v) is 5.89. The van der Waals surface area contributed by atoms with Crippen LogP contribution < -0.4 is 0 Å². The Kier molecular flexibility index (Phi) is 7.68. The minimum atomic E-state index is -0.572. The van der Waals surface area contributed by atoms with E-state index in [0.29, 0.717) is 12.8 Å². The van der Waals surface area contributed by atoms with Crippen LogP contribution in [-0.4, -0.2) is 9.85 Å². The van der Waals surface area contributed by atoms with Crippen LogP contribution in [0.4, 0.5) is 11.4 Å². The van der Waals surface area contributed by atoms with Crippen molar-refractivity contribution in [2.24, 2.45) is 0 Å². The molecule has 0 unspecified atom stereocenters. The Bertz CT molecular complexity index is 818. The number of benzene rings is 2. The Morgan fingerprint density at radius 1 is 0.630 bits per heavy atom. The summed E-state index contributed by atoms with van der Waals surface area (Å²) in [6.45, 7) is 0. The maximum atomic E-state index is 10.8. The third-order valence-electron chi connectivity index (χ3n) is 4.07. The van der Waals surface area contributed by atoms with Gasteiger partial charge in [-0.3, -0.25) is 20.2 Å². The van der Waals surface area contributed by atoms with Crippen molar-refractivity contribution in [3.63, 3.8) is 0 Å². The first kappa shape index (κ1) is 21.7. The minimum absolute atomic E-state index is 0.0496. The number of hydrogen-bond acceptors (Lipinski definition) is 4. The fourth-order valence-corrected chi connectivity index (χ4v) is 3.65. The van der Waals surface area contributed by atoms with Crippen molar-refractivity contribution in [1.29, 1.82) is 0 Å². The molecule has 0 amide bonds. The topological polar surface area (TPSA) is 86.3 Å². The van der Waals surface area contributed by atoms with E-state index in [1.54, 1.807) is 12.1 Å². The maximum Gasteiger partial charge on any atom is 0.289 e. The van der Waals surface area contributed by atoms with Gasteiger partial charge in [0.05, 0.1) is 19.9 Å². The van der Waals surface area contributed by atoms with E-state index in [2.05, 4.69) is 0 Å². The van der Waals surface area contributed by atoms with E-state index >= 15 is 0 Å². The average Bonchev–Trinajstić information content (AvgIpc) is 2.61. The molecule has 0 bridgehead atoms. The molecule has 0 aliphatic carbocycles. The van der Waals surface area contributed by atoms with E-state index in [1.807, 2.05) is 0 Å². The molecule has 0 fully saturated rings. The van der Waals surface area contributed by atoms with Gasteiger partial charge >= 0.3 is 0 Å². The predicted octanol–water partition coefficient (Wildman–Crippen LogP) is 7.07. The van der Waals surface area contributed by atoms with Crippen LogP contribution in [0.3, 0.4) is 0 Å². The smallest absolute Gasteiger partial charge is 0.258 e. The van der Waals surface area contributed by atoms with Gasteiger partial charge in [-0.1, -0.05) is 65.0 Å². The first-order valence-corrected chi connectivity index (χ1v) is 9.47. The Balaban J connectivity index is 1.90. The first-order chi connectivity index (χ1) is 12.7. The number of nitrogens with zero attached hydrogens (tertiary/aromatic N) is 2. The highest BCUT2D eigenvalue weighted by atomic mass is 35.5. The highest BCUT2D eigenvalue weighted by Crippen LogP contribution is 2.36. The van der Waals surface area contributed by atoms with Crippen molar-refractivity contribution in [3.05, 3.63) is 75.7 Å². The standard InChI is InChI=1S/C17H14Cl4N2O4/c18-14-10(6-8-12(16(14)20)22(24)25)4-2-1-3-5-11-7-9-13(23(26)27)17(21)15(11)19/h6-9H,1-5H2. The lowest BCUT2D eigenvalue weighted by Gasteiger charge is -2.08. The fourth-order valence-electron chi connectivity index (χ4n) is 2.63. The van der Waals surface area contributed by atoms with Crippen molar-refractivity contribution in [3.8, 4) is 0 Å². The number of hydrogen-bond donors (Lipinski definition) is 0. The van der Waals surface area contributed by atoms with Gasteiger partial charge in [-0.2, -0.15) is 0 Å². The van der Waals surface area contributed by atoms with Crippen LogP contribution in [0.1, 0.15) is 30.4 Å². The molecule has 0 aromatic heterocycles. The van der Waals surface area contributed by atoms with Gasteiger partial charge in [0, 0.05) is 12.1 Å². The van der Waals surface area contributed by atoms with Gasteiger partial charge in [0.15, 0.2) is 0 Å². The lowest BCUT2D eigenvalue weighted by Crippen LogP contribution is -1.95. The molecule has 10 heteroatoms. The van der Waals surface area contributed by atoms with E-state index in [-0.39, 0.29) is 31.5 Å². The van der Waals surface area contributed by atoms with E-state index in [4.69, 9.17) is 46.4 Å². The second kappa shape index (κ2) is 9.55. The zero-order valence-electron chi connectivity index (χ0n) is 13.9. The van der Waals surface area contributed by atoms with Gasteiger partial charge in [-0.05, 0) is 36.8 Å². The predicted molar refractivity (Wildman–Crippen MR) is 107 cm³/mol. The van der Waals surface area contributed by atoms with Crippen molar-refractivity contribution < 1.29 is 9.85 Å². The molecule has 0 radical (unpaired) electrons. The van der Waals surface area contributed by atoms with Crippen LogP contribution in [0.15, 0.2) is 24.3 Å². The monoisotopic (exact) mass is 450 g/mol. The summed E-state index contributed by atoms with van der Waals surface area (Å²) in [5, 5.41) is 22.0. The van der Waals surface area contributed by atoms with Gasteiger partial charge in [0.25, 0.3) is 11.4 Å². The normalized spacial score (nSPS) is 10.8. The molecular formula is C17H14Cl4N2O4. The van der Waals surface area contributed by atoms with E-state index in [0.717, 1.165) is 30.4 Å². The van der Waals surface area contributed by atoms with Gasteiger partial charge in [0.1, 0.15) is 10.0 Å². The molecule has 0 aliphatic heterocycles. The zero-order valence-corrected chi connectivity index (χ0v) is 16.9. The largest absolute Gasteiger partial charge is 0.289 e. The molecule has 0 saturated carbocycles. The van der Waals surface area contributed by atoms with Crippen LogP contribution in [0.2, 0.25) is 20.1 Å². The van der Waals surface area contributed by atoms with Gasteiger partial charge in [-0.25, -0.2) is 0 Å².